The molecule has 1 aromatic heterocycles. The first-order valence-electron chi connectivity index (χ1n) is 6.78. The molecule has 2 heterocycles. The van der Waals surface area contributed by atoms with Gasteiger partial charge in [0.2, 0.25) is 0 Å². The molecular formula is C15H15ClN2O3. The van der Waals surface area contributed by atoms with Gasteiger partial charge in [0.05, 0.1) is 16.1 Å². The van der Waals surface area contributed by atoms with Crippen molar-refractivity contribution in [2.24, 2.45) is 5.92 Å². The second-order valence-electron chi connectivity index (χ2n) is 5.25. The number of carboxylic acid groups (broad SMARTS) is 1. The van der Waals surface area contributed by atoms with Gasteiger partial charge in [-0.1, -0.05) is 11.6 Å². The van der Waals surface area contributed by atoms with Gasteiger partial charge in [-0.25, -0.2) is 9.78 Å². The zero-order chi connectivity index (χ0) is 15.0. The fourth-order valence-electron chi connectivity index (χ4n) is 2.75. The predicted octanol–water partition coefficient (Wildman–Crippen LogP) is 2.41. The number of hydrogen-bond donors (Lipinski definition) is 2. The SMILES string of the molecule is O=C(O)c1c(Cl)ccc2nc(N3CCC(CO)C3)ccc12. The van der Waals surface area contributed by atoms with Gasteiger partial charge in [-0.3, -0.25) is 0 Å². The van der Waals surface area contributed by atoms with Gasteiger partial charge in [0.15, 0.2) is 0 Å². The van der Waals surface area contributed by atoms with E-state index >= 15 is 0 Å². The molecule has 3 rings (SSSR count). The van der Waals surface area contributed by atoms with E-state index < -0.39 is 5.97 Å². The van der Waals surface area contributed by atoms with Crippen molar-refractivity contribution < 1.29 is 15.0 Å². The van der Waals surface area contributed by atoms with Crippen LogP contribution in [0.15, 0.2) is 24.3 Å². The lowest BCUT2D eigenvalue weighted by molar-refractivity contribution is 0.0699. The van der Waals surface area contributed by atoms with Crippen LogP contribution in [0.3, 0.4) is 0 Å². The van der Waals surface area contributed by atoms with E-state index in [2.05, 4.69) is 9.88 Å². The van der Waals surface area contributed by atoms with E-state index in [1.54, 1.807) is 18.2 Å². The summed E-state index contributed by atoms with van der Waals surface area (Å²) in [5.41, 5.74) is 0.699. The van der Waals surface area contributed by atoms with Crippen LogP contribution in [-0.2, 0) is 0 Å². The topological polar surface area (TPSA) is 73.7 Å². The van der Waals surface area contributed by atoms with Gasteiger partial charge in [0, 0.05) is 31.0 Å². The molecule has 1 atom stereocenters. The molecule has 21 heavy (non-hydrogen) atoms. The van der Waals surface area contributed by atoms with Crippen molar-refractivity contribution in [1.29, 1.82) is 0 Å². The number of carboxylic acids is 1. The third kappa shape index (κ3) is 2.54. The quantitative estimate of drug-likeness (QED) is 0.911. The van der Waals surface area contributed by atoms with E-state index in [-0.39, 0.29) is 23.1 Å². The Balaban J connectivity index is 2.02. The number of pyridine rings is 1. The highest BCUT2D eigenvalue weighted by Crippen LogP contribution is 2.29. The van der Waals surface area contributed by atoms with Crippen LogP contribution in [0, 0.1) is 5.92 Å². The number of aliphatic hydroxyl groups excluding tert-OH is 1. The Morgan fingerprint density at radius 3 is 2.86 bits per heavy atom. The number of halogens is 1. The lowest BCUT2D eigenvalue weighted by atomic mass is 10.1. The maximum Gasteiger partial charge on any atom is 0.337 e. The lowest BCUT2D eigenvalue weighted by Crippen LogP contribution is -2.21. The number of aromatic nitrogens is 1. The minimum atomic E-state index is -1.05. The molecule has 1 aliphatic rings. The lowest BCUT2D eigenvalue weighted by Gasteiger charge is -2.18. The third-order valence-corrected chi connectivity index (χ3v) is 4.20. The van der Waals surface area contributed by atoms with E-state index in [0.29, 0.717) is 10.9 Å². The zero-order valence-electron chi connectivity index (χ0n) is 11.3. The fraction of sp³-hybridized carbons (Fsp3) is 0.333. The first-order valence-corrected chi connectivity index (χ1v) is 7.16. The molecule has 2 aromatic rings. The largest absolute Gasteiger partial charge is 0.478 e. The first-order chi connectivity index (χ1) is 10.1. The summed E-state index contributed by atoms with van der Waals surface area (Å²) in [7, 11) is 0. The number of fused-ring (bicyclic) bond motifs is 1. The van der Waals surface area contributed by atoms with Crippen LogP contribution >= 0.6 is 11.6 Å². The number of aromatic carboxylic acids is 1. The minimum Gasteiger partial charge on any atom is -0.478 e. The monoisotopic (exact) mass is 306 g/mol. The van der Waals surface area contributed by atoms with Gasteiger partial charge in [-0.2, -0.15) is 0 Å². The van der Waals surface area contributed by atoms with E-state index in [0.717, 1.165) is 25.3 Å². The Hall–Kier alpha value is -1.85. The number of rotatable bonds is 3. The fourth-order valence-corrected chi connectivity index (χ4v) is 3.00. The Morgan fingerprint density at radius 1 is 1.38 bits per heavy atom. The molecule has 1 unspecified atom stereocenters. The second-order valence-corrected chi connectivity index (χ2v) is 5.65. The molecule has 5 nitrogen and oxygen atoms in total. The summed E-state index contributed by atoms with van der Waals surface area (Å²) in [5.74, 6) is 0.0288. The summed E-state index contributed by atoms with van der Waals surface area (Å²) in [6.45, 7) is 1.81. The number of hydrogen-bond acceptors (Lipinski definition) is 4. The zero-order valence-corrected chi connectivity index (χ0v) is 12.0. The molecule has 0 radical (unpaired) electrons. The number of aliphatic hydroxyl groups is 1. The molecule has 0 spiro atoms. The summed E-state index contributed by atoms with van der Waals surface area (Å²) < 4.78 is 0. The van der Waals surface area contributed by atoms with E-state index in [9.17, 15) is 15.0 Å². The van der Waals surface area contributed by atoms with Gasteiger partial charge in [0.25, 0.3) is 0 Å². The van der Waals surface area contributed by atoms with E-state index in [4.69, 9.17) is 11.6 Å². The van der Waals surface area contributed by atoms with Crippen LogP contribution in [0.4, 0.5) is 5.82 Å². The highest BCUT2D eigenvalue weighted by Gasteiger charge is 2.23. The van der Waals surface area contributed by atoms with Crippen molar-refractivity contribution in [3.63, 3.8) is 0 Å². The number of anilines is 1. The summed E-state index contributed by atoms with van der Waals surface area (Å²) in [6.07, 6.45) is 0.942. The van der Waals surface area contributed by atoms with Crippen molar-refractivity contribution in [3.8, 4) is 0 Å². The van der Waals surface area contributed by atoms with Gasteiger partial charge < -0.3 is 15.1 Å². The smallest absolute Gasteiger partial charge is 0.337 e. The molecule has 0 aliphatic carbocycles. The molecular weight excluding hydrogens is 292 g/mol. The van der Waals surface area contributed by atoms with Gasteiger partial charge in [-0.15, -0.1) is 0 Å². The molecule has 1 saturated heterocycles. The van der Waals surface area contributed by atoms with Crippen LogP contribution < -0.4 is 4.90 Å². The molecule has 2 N–H and O–H groups in total. The Labute approximate surface area is 126 Å². The molecule has 110 valence electrons. The minimum absolute atomic E-state index is 0.0860. The molecule has 1 aromatic carbocycles. The number of carbonyl (C=O) groups is 1. The van der Waals surface area contributed by atoms with Crippen molar-refractivity contribution in [3.05, 3.63) is 34.9 Å². The Bertz CT molecular complexity index is 705. The molecule has 0 saturated carbocycles. The van der Waals surface area contributed by atoms with Crippen LogP contribution in [-0.4, -0.2) is 40.9 Å². The maximum atomic E-state index is 11.3. The van der Waals surface area contributed by atoms with Crippen LogP contribution in [0.1, 0.15) is 16.8 Å². The standard InChI is InChI=1S/C15H15ClN2O3/c16-11-2-3-12-10(14(11)15(20)21)1-4-13(17-12)18-6-5-9(7-18)8-19/h1-4,9,19H,5-8H2,(H,20,21). The average Bonchev–Trinajstić information content (AvgIpc) is 2.95. The van der Waals surface area contributed by atoms with Crippen LogP contribution in [0.25, 0.3) is 10.9 Å². The molecule has 0 amide bonds. The highest BCUT2D eigenvalue weighted by atomic mass is 35.5. The maximum absolute atomic E-state index is 11.3. The first kappa shape index (κ1) is 14.1. The van der Waals surface area contributed by atoms with Crippen LogP contribution in [0.2, 0.25) is 5.02 Å². The normalized spacial score (nSPS) is 18.4. The molecule has 1 aliphatic heterocycles. The Kier molecular flexibility index (Phi) is 3.69. The summed E-state index contributed by atoms with van der Waals surface area (Å²) >= 11 is 5.96. The average molecular weight is 307 g/mol. The van der Waals surface area contributed by atoms with Gasteiger partial charge in [0.1, 0.15) is 5.82 Å². The van der Waals surface area contributed by atoms with Crippen LogP contribution in [0.5, 0.6) is 0 Å². The molecule has 1 fully saturated rings. The van der Waals surface area contributed by atoms with E-state index in [1.807, 2.05) is 6.07 Å². The summed E-state index contributed by atoms with van der Waals surface area (Å²) in [4.78, 5) is 17.9. The van der Waals surface area contributed by atoms with Crippen molar-refractivity contribution in [2.75, 3.05) is 24.6 Å². The van der Waals surface area contributed by atoms with E-state index in [1.165, 1.54) is 0 Å². The summed E-state index contributed by atoms with van der Waals surface area (Å²) in [6, 6.07) is 6.85. The third-order valence-electron chi connectivity index (χ3n) is 3.89. The molecule has 0 bridgehead atoms. The van der Waals surface area contributed by atoms with Gasteiger partial charge in [-0.05, 0) is 30.7 Å². The van der Waals surface area contributed by atoms with Gasteiger partial charge >= 0.3 is 5.97 Å². The number of nitrogens with zero attached hydrogens (tertiary/aromatic N) is 2. The Morgan fingerprint density at radius 2 is 2.19 bits per heavy atom. The summed E-state index contributed by atoms with van der Waals surface area (Å²) in [5, 5.41) is 19.2. The molecule has 6 heteroatoms. The van der Waals surface area contributed by atoms with Crippen molar-refractivity contribution in [2.45, 2.75) is 6.42 Å². The predicted molar refractivity (Wildman–Crippen MR) is 81.1 cm³/mol. The second kappa shape index (κ2) is 5.50. The number of benzene rings is 1. The van der Waals surface area contributed by atoms with Crippen molar-refractivity contribution in [1.82, 2.24) is 4.98 Å². The van der Waals surface area contributed by atoms with Crippen molar-refractivity contribution >= 4 is 34.3 Å². The highest BCUT2D eigenvalue weighted by molar-refractivity contribution is 6.35.